The number of hydrogen-bond donors (Lipinski definition) is 0. The van der Waals surface area contributed by atoms with Gasteiger partial charge >= 0.3 is 5.97 Å². The zero-order valence-electron chi connectivity index (χ0n) is 15.4. The van der Waals surface area contributed by atoms with Gasteiger partial charge in [-0.25, -0.2) is 0 Å². The predicted octanol–water partition coefficient (Wildman–Crippen LogP) is 2.27. The van der Waals surface area contributed by atoms with Gasteiger partial charge in [-0.2, -0.15) is 0 Å². The summed E-state index contributed by atoms with van der Waals surface area (Å²) in [5.74, 6) is -0.0283. The number of piperidine rings is 2. The quantitative estimate of drug-likeness (QED) is 0.573. The number of para-hydroxylation sites is 1. The smallest absolute Gasteiger partial charge is 0.310 e. The SMILES string of the molecule is C/C=C1/CN2[C@@H]3C[C@@]45c6ccccc6N(C)[C@]4(O3)[C@@H]2C[C@@H]1[C@H]5C(=O)OC. The Morgan fingerprint density at radius 1 is 1.38 bits per heavy atom. The van der Waals surface area contributed by atoms with E-state index in [2.05, 4.69) is 54.1 Å². The Hall–Kier alpha value is -1.85. The van der Waals surface area contributed by atoms with E-state index in [0.717, 1.165) is 19.4 Å². The second-order valence-corrected chi connectivity index (χ2v) is 8.42. The lowest BCUT2D eigenvalue weighted by Gasteiger charge is -2.61. The monoisotopic (exact) mass is 352 g/mol. The van der Waals surface area contributed by atoms with Gasteiger partial charge in [-0.1, -0.05) is 29.8 Å². The van der Waals surface area contributed by atoms with Crippen LogP contribution in [0.4, 0.5) is 5.69 Å². The summed E-state index contributed by atoms with van der Waals surface area (Å²) in [6.45, 7) is 3.01. The van der Waals surface area contributed by atoms with E-state index < -0.39 is 5.72 Å². The van der Waals surface area contributed by atoms with Crippen LogP contribution in [0.5, 0.6) is 0 Å². The maximum atomic E-state index is 13.2. The number of fused-ring (bicyclic) bond motifs is 4. The fourth-order valence-electron chi connectivity index (χ4n) is 7.23. The minimum absolute atomic E-state index is 0.0816. The van der Waals surface area contributed by atoms with Gasteiger partial charge in [-0.05, 0) is 30.9 Å². The number of methoxy groups -OCH3 is 1. The van der Waals surface area contributed by atoms with E-state index in [1.165, 1.54) is 23.9 Å². The number of nitrogens with zero attached hydrogens (tertiary/aromatic N) is 2. The van der Waals surface area contributed by atoms with E-state index in [-0.39, 0.29) is 29.4 Å². The highest BCUT2D eigenvalue weighted by molar-refractivity contribution is 5.81. The molecule has 5 heteroatoms. The second-order valence-electron chi connectivity index (χ2n) is 8.42. The lowest BCUT2D eigenvalue weighted by atomic mass is 9.49. The Bertz CT molecular complexity index is 867. The Morgan fingerprint density at radius 2 is 2.19 bits per heavy atom. The molecule has 26 heavy (non-hydrogen) atoms. The molecule has 5 nitrogen and oxygen atoms in total. The summed E-state index contributed by atoms with van der Waals surface area (Å²) in [4.78, 5) is 18.1. The Balaban J connectivity index is 1.69. The van der Waals surface area contributed by atoms with Crippen molar-refractivity contribution in [2.45, 2.75) is 43.2 Å². The van der Waals surface area contributed by atoms with E-state index >= 15 is 0 Å². The van der Waals surface area contributed by atoms with E-state index in [9.17, 15) is 4.79 Å². The third-order valence-electron chi connectivity index (χ3n) is 8.00. The molecule has 6 atom stereocenters. The molecule has 1 aliphatic carbocycles. The first kappa shape index (κ1) is 15.2. The number of anilines is 1. The first-order chi connectivity index (χ1) is 12.6. The number of likely N-dealkylation sites (N-methyl/N-ethyl adjacent to an activating group) is 1. The summed E-state index contributed by atoms with van der Waals surface area (Å²) >= 11 is 0. The lowest BCUT2D eigenvalue weighted by Crippen LogP contribution is -2.75. The number of allylic oxidation sites excluding steroid dienone is 1. The van der Waals surface area contributed by atoms with Crippen LogP contribution in [0.3, 0.4) is 0 Å². The zero-order valence-corrected chi connectivity index (χ0v) is 15.4. The summed E-state index contributed by atoms with van der Waals surface area (Å²) < 4.78 is 12.2. The molecule has 1 spiro atoms. The van der Waals surface area contributed by atoms with Crippen molar-refractivity contribution in [1.82, 2.24) is 4.90 Å². The maximum absolute atomic E-state index is 13.2. The summed E-state index contributed by atoms with van der Waals surface area (Å²) in [6.07, 6.45) is 4.14. The van der Waals surface area contributed by atoms with E-state index in [4.69, 9.17) is 9.47 Å². The van der Waals surface area contributed by atoms with Gasteiger partial charge in [0, 0.05) is 25.7 Å². The number of ether oxygens (including phenoxy) is 2. The van der Waals surface area contributed by atoms with Crippen molar-refractivity contribution in [2.75, 3.05) is 25.6 Å². The van der Waals surface area contributed by atoms with Gasteiger partial charge in [0.1, 0.15) is 6.23 Å². The van der Waals surface area contributed by atoms with Gasteiger partial charge in [0.05, 0.1) is 24.5 Å². The highest BCUT2D eigenvalue weighted by atomic mass is 16.6. The molecule has 1 aromatic rings. The summed E-state index contributed by atoms with van der Waals surface area (Å²) in [6, 6.07) is 8.89. The number of benzene rings is 1. The number of carbonyl (C=O) groups excluding carboxylic acids is 1. The van der Waals surface area contributed by atoms with Gasteiger partial charge in [0.2, 0.25) is 0 Å². The molecular formula is C21H24N2O3. The molecule has 4 heterocycles. The highest BCUT2D eigenvalue weighted by Crippen LogP contribution is 2.73. The Morgan fingerprint density at radius 3 is 2.96 bits per heavy atom. The van der Waals surface area contributed by atoms with Gasteiger partial charge in [-0.3, -0.25) is 9.69 Å². The molecule has 4 bridgehead atoms. The molecule has 6 rings (SSSR count). The van der Waals surface area contributed by atoms with Crippen molar-refractivity contribution in [3.63, 3.8) is 0 Å². The average molecular weight is 352 g/mol. The highest BCUT2D eigenvalue weighted by Gasteiger charge is 2.83. The van der Waals surface area contributed by atoms with Gasteiger partial charge in [-0.15, -0.1) is 0 Å². The number of hydrogen-bond acceptors (Lipinski definition) is 5. The molecule has 0 radical (unpaired) electrons. The van der Waals surface area contributed by atoms with Crippen molar-refractivity contribution in [1.29, 1.82) is 0 Å². The second kappa shape index (κ2) is 4.52. The molecule has 136 valence electrons. The first-order valence-electron chi connectivity index (χ1n) is 9.60. The Kier molecular flexibility index (Phi) is 2.65. The van der Waals surface area contributed by atoms with E-state index in [0.29, 0.717) is 6.04 Å². The summed E-state index contributed by atoms with van der Waals surface area (Å²) in [5, 5.41) is 0. The molecule has 0 aromatic heterocycles. The Labute approximate surface area is 153 Å². The molecule has 0 N–H and O–H groups in total. The number of carbonyl (C=O) groups is 1. The van der Waals surface area contributed by atoms with Crippen LogP contribution < -0.4 is 4.90 Å². The third kappa shape index (κ3) is 1.28. The van der Waals surface area contributed by atoms with Gasteiger partial charge < -0.3 is 14.4 Å². The number of rotatable bonds is 1. The molecule has 0 amide bonds. The molecule has 4 aliphatic heterocycles. The van der Waals surface area contributed by atoms with Crippen LogP contribution in [-0.4, -0.2) is 49.6 Å². The molecule has 0 unspecified atom stereocenters. The van der Waals surface area contributed by atoms with Crippen LogP contribution in [0.25, 0.3) is 0 Å². The maximum Gasteiger partial charge on any atom is 0.310 e. The minimum Gasteiger partial charge on any atom is -0.469 e. The lowest BCUT2D eigenvalue weighted by molar-refractivity contribution is -0.162. The van der Waals surface area contributed by atoms with Crippen LogP contribution in [0.2, 0.25) is 0 Å². The molecule has 1 saturated carbocycles. The van der Waals surface area contributed by atoms with Crippen LogP contribution in [0.15, 0.2) is 35.9 Å². The van der Waals surface area contributed by atoms with Crippen molar-refractivity contribution in [2.24, 2.45) is 11.8 Å². The molecule has 1 aromatic carbocycles. The standard InChI is InChI=1S/C21H24N2O3/c1-4-12-11-23-16-9-13(12)18(19(24)25-3)20-10-17(23)26-21(16,20)22(2)15-8-6-5-7-14(15)20/h4-8,13,16-18H,9-11H2,1-3H3/b12-4-/t13-,16-,17-,18-,20-,21-/m0/s1. The minimum atomic E-state index is -0.448. The summed E-state index contributed by atoms with van der Waals surface area (Å²) in [7, 11) is 3.67. The largest absolute Gasteiger partial charge is 0.469 e. The first-order valence-corrected chi connectivity index (χ1v) is 9.60. The van der Waals surface area contributed by atoms with Crippen LogP contribution in [-0.2, 0) is 19.7 Å². The van der Waals surface area contributed by atoms with Gasteiger partial charge in [0.15, 0.2) is 5.72 Å². The summed E-state index contributed by atoms with van der Waals surface area (Å²) in [5.41, 5.74) is 3.07. The predicted molar refractivity (Wildman–Crippen MR) is 96.6 cm³/mol. The van der Waals surface area contributed by atoms with E-state index in [1.807, 2.05) is 0 Å². The van der Waals surface area contributed by atoms with Gasteiger partial charge in [0.25, 0.3) is 0 Å². The number of esters is 1. The van der Waals surface area contributed by atoms with Crippen molar-refractivity contribution >= 4 is 11.7 Å². The van der Waals surface area contributed by atoms with Crippen LogP contribution >= 0.6 is 0 Å². The van der Waals surface area contributed by atoms with Crippen molar-refractivity contribution in [3.8, 4) is 0 Å². The zero-order chi connectivity index (χ0) is 17.8. The molecule has 4 fully saturated rings. The average Bonchev–Trinajstić information content (AvgIpc) is 3.26. The van der Waals surface area contributed by atoms with Crippen molar-refractivity contribution < 1.29 is 14.3 Å². The molecule has 3 saturated heterocycles. The van der Waals surface area contributed by atoms with Crippen LogP contribution in [0, 0.1) is 11.8 Å². The normalized spacial score (nSPS) is 46.0. The van der Waals surface area contributed by atoms with E-state index in [1.54, 1.807) is 0 Å². The van der Waals surface area contributed by atoms with Crippen molar-refractivity contribution in [3.05, 3.63) is 41.5 Å². The molecular weight excluding hydrogens is 328 g/mol. The molecule has 5 aliphatic rings. The fraction of sp³-hybridized carbons (Fsp3) is 0.571. The topological polar surface area (TPSA) is 42.0 Å². The third-order valence-corrected chi connectivity index (χ3v) is 8.00. The fourth-order valence-corrected chi connectivity index (χ4v) is 7.23. The van der Waals surface area contributed by atoms with Crippen LogP contribution in [0.1, 0.15) is 25.3 Å².